The minimum absolute atomic E-state index is 0. The van der Waals surface area contributed by atoms with Crippen LogP contribution in [0.2, 0.25) is 0 Å². The van der Waals surface area contributed by atoms with Gasteiger partial charge in [-0.1, -0.05) is 0 Å². The number of aliphatic hydroxyl groups is 1. The predicted molar refractivity (Wildman–Crippen MR) is 17.8 cm³/mol. The quantitative estimate of drug-likeness (QED) is 0.594. The van der Waals surface area contributed by atoms with Crippen molar-refractivity contribution in [2.24, 2.45) is 0 Å². The second-order valence-corrected chi connectivity index (χ2v) is 0.183. The Labute approximate surface area is 90.0 Å². The van der Waals surface area contributed by atoms with Crippen molar-refractivity contribution in [2.75, 3.05) is 6.61 Å². The van der Waals surface area contributed by atoms with Crippen molar-refractivity contribution in [1.29, 1.82) is 0 Å². The molecule has 0 spiro atoms. The largest absolute Gasteiger partial charge is 0.396 e. The van der Waals surface area contributed by atoms with Crippen LogP contribution in [-0.4, -0.2) is 11.7 Å². The number of hydrogen-bond donors (Lipinski definition) is 1. The fourth-order valence-corrected chi connectivity index (χ4v) is 0. The zero-order valence-corrected chi connectivity index (χ0v) is 9.56. The van der Waals surface area contributed by atoms with Crippen LogP contribution in [-0.2, 0) is 65.4 Å². The van der Waals surface area contributed by atoms with Crippen LogP contribution >= 0.6 is 0 Å². The Morgan fingerprint density at radius 1 is 1.33 bits per heavy atom. The van der Waals surface area contributed by atoms with E-state index in [0.717, 1.165) is 0 Å². The van der Waals surface area contributed by atoms with Crippen LogP contribution in [0.1, 0.15) is 0 Å². The third kappa shape index (κ3) is 35.1. The molecule has 0 aromatic heterocycles. The van der Waals surface area contributed by atoms with Gasteiger partial charge in [-0.2, -0.15) is 0 Å². The third-order valence-electron chi connectivity index (χ3n) is 0. The zero-order valence-electron chi connectivity index (χ0n) is 3.89. The SMILES string of the molecule is [CH3-].[CH]CO.[Y].[Y]. The fourth-order valence-electron chi connectivity index (χ4n) is 0. The Bertz CT molecular complexity index is 8.75. The normalized spacial score (nSPS) is 3.00. The summed E-state index contributed by atoms with van der Waals surface area (Å²) in [5.41, 5.74) is 0. The van der Waals surface area contributed by atoms with E-state index in [9.17, 15) is 0 Å². The molecule has 0 atom stereocenters. The maximum atomic E-state index is 7.35. The Hall–Kier alpha value is 2.17. The molecule has 32 valence electrons. The molecule has 0 heterocycles. The second kappa shape index (κ2) is 27.2. The minimum Gasteiger partial charge on any atom is -0.396 e. The molecule has 0 aliphatic rings. The third-order valence-corrected chi connectivity index (χ3v) is 0. The first-order chi connectivity index (χ1) is 1.41. The van der Waals surface area contributed by atoms with E-state index in [1.807, 2.05) is 0 Å². The summed E-state index contributed by atoms with van der Waals surface area (Å²) in [4.78, 5) is 0. The summed E-state index contributed by atoms with van der Waals surface area (Å²) in [5.74, 6) is 0. The first-order valence-corrected chi connectivity index (χ1v) is 0.724. The van der Waals surface area contributed by atoms with Gasteiger partial charge in [-0.15, -0.1) is 0 Å². The van der Waals surface area contributed by atoms with Crippen LogP contribution in [0, 0.1) is 14.4 Å². The van der Waals surface area contributed by atoms with Crippen molar-refractivity contribution in [3.8, 4) is 0 Å². The molecule has 0 aliphatic carbocycles. The van der Waals surface area contributed by atoms with Gasteiger partial charge in [0.15, 0.2) is 0 Å². The van der Waals surface area contributed by atoms with Crippen LogP contribution in [0.15, 0.2) is 0 Å². The molecule has 0 rings (SSSR count). The standard InChI is InChI=1S/C2H4O.CH3.2Y/c1-2-3;;;/h1,3H,2H2;1H3;;/q;-1;;. The van der Waals surface area contributed by atoms with Crippen molar-refractivity contribution in [1.82, 2.24) is 0 Å². The van der Waals surface area contributed by atoms with Gasteiger partial charge in [-0.3, -0.25) is 0 Å². The summed E-state index contributed by atoms with van der Waals surface area (Å²) >= 11 is 0. The number of aliphatic hydroxyl groups excluding tert-OH is 1. The molecule has 0 saturated carbocycles. The summed E-state index contributed by atoms with van der Waals surface area (Å²) < 4.78 is 0. The van der Waals surface area contributed by atoms with Crippen molar-refractivity contribution < 1.29 is 70.5 Å². The first-order valence-electron chi connectivity index (χ1n) is 0.724. The summed E-state index contributed by atoms with van der Waals surface area (Å²) in [6.07, 6.45) is 0. The van der Waals surface area contributed by atoms with E-state index >= 15 is 0 Å². The van der Waals surface area contributed by atoms with E-state index in [4.69, 9.17) is 5.11 Å². The van der Waals surface area contributed by atoms with Crippen LogP contribution in [0.3, 0.4) is 0 Å². The zero-order chi connectivity index (χ0) is 2.71. The van der Waals surface area contributed by atoms with Gasteiger partial charge in [0.2, 0.25) is 0 Å². The molecule has 0 unspecified atom stereocenters. The minimum atomic E-state index is -0.250. The molecular formula is C3H7OY2-. The van der Waals surface area contributed by atoms with Crippen LogP contribution < -0.4 is 0 Å². The van der Waals surface area contributed by atoms with Gasteiger partial charge >= 0.3 is 0 Å². The molecule has 3 heteroatoms. The predicted octanol–water partition coefficient (Wildman–Crippen LogP) is 0.135. The van der Waals surface area contributed by atoms with E-state index in [2.05, 4.69) is 6.92 Å². The topological polar surface area (TPSA) is 20.2 Å². The van der Waals surface area contributed by atoms with Crippen molar-refractivity contribution in [2.45, 2.75) is 0 Å². The molecule has 0 aromatic carbocycles. The molecule has 6 heavy (non-hydrogen) atoms. The number of rotatable bonds is 0. The van der Waals surface area contributed by atoms with Gasteiger partial charge in [0.25, 0.3) is 0 Å². The summed E-state index contributed by atoms with van der Waals surface area (Å²) in [7, 11) is 0. The van der Waals surface area contributed by atoms with Crippen LogP contribution in [0.25, 0.3) is 0 Å². The van der Waals surface area contributed by atoms with Gasteiger partial charge in [0.1, 0.15) is 0 Å². The van der Waals surface area contributed by atoms with Gasteiger partial charge in [-0.05, 0) is 6.92 Å². The first kappa shape index (κ1) is 24.2. The van der Waals surface area contributed by atoms with E-state index < -0.39 is 0 Å². The van der Waals surface area contributed by atoms with E-state index in [1.54, 1.807) is 0 Å². The maximum absolute atomic E-state index is 7.35. The average Bonchev–Trinajstić information content (AvgIpc) is 0.918. The van der Waals surface area contributed by atoms with E-state index in [-0.39, 0.29) is 79.5 Å². The smallest absolute Gasteiger partial charge is 0.0466 e. The van der Waals surface area contributed by atoms with Crippen molar-refractivity contribution >= 4 is 0 Å². The van der Waals surface area contributed by atoms with Gasteiger partial charge in [0.05, 0.1) is 0 Å². The van der Waals surface area contributed by atoms with Crippen molar-refractivity contribution in [3.63, 3.8) is 0 Å². The van der Waals surface area contributed by atoms with Gasteiger partial charge in [-0.25, -0.2) is 0 Å². The molecular weight excluding hydrogens is 230 g/mol. The molecule has 1 nitrogen and oxygen atoms in total. The summed E-state index contributed by atoms with van der Waals surface area (Å²) in [6.45, 7) is 4.15. The molecule has 0 aromatic rings. The summed E-state index contributed by atoms with van der Waals surface area (Å²) in [5, 5.41) is 7.35. The Morgan fingerprint density at radius 3 is 1.33 bits per heavy atom. The molecule has 0 saturated heterocycles. The monoisotopic (exact) mass is 237 g/mol. The Morgan fingerprint density at radius 2 is 1.33 bits per heavy atom. The molecule has 0 aliphatic heterocycles. The van der Waals surface area contributed by atoms with Gasteiger partial charge < -0.3 is 12.5 Å². The molecule has 0 fully saturated rings. The van der Waals surface area contributed by atoms with E-state index in [0.29, 0.717) is 0 Å². The molecule has 0 amide bonds. The molecule has 0 bridgehead atoms. The molecule has 1 N–H and O–H groups in total. The Kier molecular flexibility index (Phi) is 109. The van der Waals surface area contributed by atoms with Crippen LogP contribution in [0.4, 0.5) is 0 Å². The van der Waals surface area contributed by atoms with Crippen molar-refractivity contribution in [3.05, 3.63) is 14.4 Å². The fraction of sp³-hybridized carbons (Fsp3) is 0.333. The second-order valence-electron chi connectivity index (χ2n) is 0.183. The summed E-state index contributed by atoms with van der Waals surface area (Å²) in [6, 6.07) is 0. The average molecular weight is 237 g/mol. The Balaban J connectivity index is -0.00000000667. The van der Waals surface area contributed by atoms with Crippen LogP contribution in [0.5, 0.6) is 0 Å². The maximum Gasteiger partial charge on any atom is 0.0466 e. The van der Waals surface area contributed by atoms with E-state index in [1.165, 1.54) is 0 Å². The van der Waals surface area contributed by atoms with Gasteiger partial charge in [0, 0.05) is 72.0 Å². The number of hydrogen-bond acceptors (Lipinski definition) is 1. The molecule has 4 radical (unpaired) electrons.